The van der Waals surface area contributed by atoms with Crippen LogP contribution >= 0.6 is 23.1 Å². The summed E-state index contributed by atoms with van der Waals surface area (Å²) in [7, 11) is 0. The van der Waals surface area contributed by atoms with E-state index in [4.69, 9.17) is 4.74 Å². The molecule has 0 fully saturated rings. The Balaban J connectivity index is 2.22. The quantitative estimate of drug-likeness (QED) is 0.487. The number of rotatable bonds is 4. The van der Waals surface area contributed by atoms with Gasteiger partial charge < -0.3 is 4.74 Å². The molecule has 1 aliphatic heterocycles. The molecule has 0 saturated carbocycles. The van der Waals surface area contributed by atoms with Gasteiger partial charge in [0.1, 0.15) is 4.83 Å². The van der Waals surface area contributed by atoms with Crippen LogP contribution in [0.25, 0.3) is 10.2 Å². The van der Waals surface area contributed by atoms with Crippen molar-refractivity contribution < 1.29 is 4.74 Å². The number of thioether (sulfide) groups is 1. The van der Waals surface area contributed by atoms with Crippen LogP contribution in [0.3, 0.4) is 0 Å². The molecule has 22 heavy (non-hydrogen) atoms. The number of thiophene rings is 1. The summed E-state index contributed by atoms with van der Waals surface area (Å²) in [5.41, 5.74) is 1.20. The fourth-order valence-corrected chi connectivity index (χ4v) is 4.55. The van der Waals surface area contributed by atoms with Crippen molar-refractivity contribution in [2.45, 2.75) is 44.7 Å². The zero-order chi connectivity index (χ0) is 15.9. The third-order valence-electron chi connectivity index (χ3n) is 4.03. The second-order valence-electron chi connectivity index (χ2n) is 5.78. The highest BCUT2D eigenvalue weighted by Crippen LogP contribution is 2.35. The molecule has 0 saturated heterocycles. The van der Waals surface area contributed by atoms with Crippen molar-refractivity contribution in [2.24, 2.45) is 5.92 Å². The second kappa shape index (κ2) is 6.18. The Kier molecular flexibility index (Phi) is 4.43. The second-order valence-corrected chi connectivity index (χ2v) is 7.64. The van der Waals surface area contributed by atoms with Gasteiger partial charge in [-0.3, -0.25) is 9.36 Å². The van der Waals surface area contributed by atoms with Crippen LogP contribution in [0, 0.1) is 5.92 Å². The zero-order valence-corrected chi connectivity index (χ0v) is 14.7. The first-order chi connectivity index (χ1) is 10.6. The van der Waals surface area contributed by atoms with E-state index in [0.29, 0.717) is 19.1 Å². The molecule has 118 valence electrons. The molecule has 0 N–H and O–H groups in total. The fourth-order valence-electron chi connectivity index (χ4n) is 2.82. The van der Waals surface area contributed by atoms with Gasteiger partial charge in [0.25, 0.3) is 5.56 Å². The molecule has 3 rings (SSSR count). The standard InChI is InChI=1S/C16H20N2O2S2/c1-5-6-18-15(19)13-10-7-11(9(2)3)20-8-12(10)22-14(13)17-16(18)21-4/h5,9,11H,1,6-8H2,2-4H3/t11-/m0/s1. The average Bonchev–Trinajstić information content (AvgIpc) is 2.87. The normalized spacial score (nSPS) is 17.9. The number of fused-ring (bicyclic) bond motifs is 3. The van der Waals surface area contributed by atoms with Gasteiger partial charge in [0.05, 0.1) is 18.1 Å². The molecule has 0 radical (unpaired) electrons. The summed E-state index contributed by atoms with van der Waals surface area (Å²) in [6.45, 7) is 9.15. The van der Waals surface area contributed by atoms with Crippen LogP contribution in [0.1, 0.15) is 24.3 Å². The molecular formula is C16H20N2O2S2. The number of aromatic nitrogens is 2. The summed E-state index contributed by atoms with van der Waals surface area (Å²) in [6, 6.07) is 0. The van der Waals surface area contributed by atoms with Crippen LogP contribution < -0.4 is 5.56 Å². The van der Waals surface area contributed by atoms with Crippen LogP contribution in [0.4, 0.5) is 0 Å². The molecular weight excluding hydrogens is 316 g/mol. The van der Waals surface area contributed by atoms with E-state index in [1.807, 2.05) is 6.26 Å². The maximum absolute atomic E-state index is 12.9. The van der Waals surface area contributed by atoms with Gasteiger partial charge in [0.15, 0.2) is 5.16 Å². The third-order valence-corrected chi connectivity index (χ3v) is 5.81. The highest BCUT2D eigenvalue weighted by atomic mass is 32.2. The maximum Gasteiger partial charge on any atom is 0.263 e. The Bertz CT molecular complexity index is 777. The summed E-state index contributed by atoms with van der Waals surface area (Å²) >= 11 is 3.09. The molecule has 0 amide bonds. The van der Waals surface area contributed by atoms with Gasteiger partial charge in [-0.05, 0) is 17.7 Å². The predicted molar refractivity (Wildman–Crippen MR) is 93.0 cm³/mol. The van der Waals surface area contributed by atoms with Crippen molar-refractivity contribution in [2.75, 3.05) is 6.26 Å². The Morgan fingerprint density at radius 1 is 1.59 bits per heavy atom. The predicted octanol–water partition coefficient (Wildman–Crippen LogP) is 3.46. The van der Waals surface area contributed by atoms with Gasteiger partial charge in [0, 0.05) is 17.8 Å². The SMILES string of the molecule is C=CCn1c(SC)nc2sc3c(c2c1=O)C[C@@H](C(C)C)OC3. The lowest BCUT2D eigenvalue weighted by Gasteiger charge is -2.26. The van der Waals surface area contributed by atoms with E-state index in [-0.39, 0.29) is 11.7 Å². The zero-order valence-electron chi connectivity index (χ0n) is 13.1. The number of allylic oxidation sites excluding steroid dienone is 1. The van der Waals surface area contributed by atoms with E-state index in [9.17, 15) is 4.79 Å². The van der Waals surface area contributed by atoms with Gasteiger partial charge in [-0.1, -0.05) is 31.7 Å². The Hall–Kier alpha value is -1.11. The average molecular weight is 336 g/mol. The molecule has 2 aromatic heterocycles. The number of hydrogen-bond acceptors (Lipinski definition) is 5. The molecule has 0 aliphatic carbocycles. The monoisotopic (exact) mass is 336 g/mol. The topological polar surface area (TPSA) is 44.1 Å². The summed E-state index contributed by atoms with van der Waals surface area (Å²) < 4.78 is 7.64. The highest BCUT2D eigenvalue weighted by Gasteiger charge is 2.28. The minimum absolute atomic E-state index is 0.0520. The van der Waals surface area contributed by atoms with Crippen LogP contribution in [0.2, 0.25) is 0 Å². The lowest BCUT2D eigenvalue weighted by atomic mass is 9.96. The minimum Gasteiger partial charge on any atom is -0.372 e. The van der Waals surface area contributed by atoms with Gasteiger partial charge in [-0.15, -0.1) is 17.9 Å². The number of nitrogens with zero attached hydrogens (tertiary/aromatic N) is 2. The van der Waals surface area contributed by atoms with E-state index in [1.165, 1.54) is 11.8 Å². The summed E-state index contributed by atoms with van der Waals surface area (Å²) in [4.78, 5) is 19.6. The van der Waals surface area contributed by atoms with Gasteiger partial charge >= 0.3 is 0 Å². The Labute approximate surface area is 138 Å². The molecule has 0 aromatic carbocycles. The van der Waals surface area contributed by atoms with E-state index < -0.39 is 0 Å². The lowest BCUT2D eigenvalue weighted by Crippen LogP contribution is -2.28. The Morgan fingerprint density at radius 3 is 3.00 bits per heavy atom. The molecule has 4 nitrogen and oxygen atoms in total. The van der Waals surface area contributed by atoms with E-state index >= 15 is 0 Å². The van der Waals surface area contributed by atoms with Gasteiger partial charge in [-0.25, -0.2) is 4.98 Å². The smallest absolute Gasteiger partial charge is 0.263 e. The van der Waals surface area contributed by atoms with Crippen molar-refractivity contribution in [1.82, 2.24) is 9.55 Å². The molecule has 1 aliphatic rings. The largest absolute Gasteiger partial charge is 0.372 e. The fraction of sp³-hybridized carbons (Fsp3) is 0.500. The van der Waals surface area contributed by atoms with Crippen molar-refractivity contribution in [3.8, 4) is 0 Å². The molecule has 1 atom stereocenters. The van der Waals surface area contributed by atoms with Crippen LogP contribution in [0.15, 0.2) is 22.6 Å². The molecule has 0 spiro atoms. The third kappa shape index (κ3) is 2.53. The van der Waals surface area contributed by atoms with E-state index in [2.05, 4.69) is 25.4 Å². The minimum atomic E-state index is 0.0520. The van der Waals surface area contributed by atoms with Gasteiger partial charge in [-0.2, -0.15) is 0 Å². The van der Waals surface area contributed by atoms with Crippen molar-refractivity contribution >= 4 is 33.3 Å². The maximum atomic E-state index is 12.9. The van der Waals surface area contributed by atoms with Crippen LogP contribution in [0.5, 0.6) is 0 Å². The van der Waals surface area contributed by atoms with E-state index in [0.717, 1.165) is 32.2 Å². The summed E-state index contributed by atoms with van der Waals surface area (Å²) in [5.74, 6) is 0.442. The highest BCUT2D eigenvalue weighted by molar-refractivity contribution is 7.98. The number of ether oxygens (including phenoxy) is 1. The van der Waals surface area contributed by atoms with Crippen molar-refractivity contribution in [3.63, 3.8) is 0 Å². The first kappa shape index (κ1) is 15.8. The molecule has 6 heteroatoms. The first-order valence-corrected chi connectivity index (χ1v) is 9.42. The molecule has 0 bridgehead atoms. The summed E-state index contributed by atoms with van der Waals surface area (Å²) in [5, 5.41) is 1.53. The molecule has 2 aromatic rings. The number of hydrogen-bond donors (Lipinski definition) is 0. The van der Waals surface area contributed by atoms with Crippen molar-refractivity contribution in [1.29, 1.82) is 0 Å². The van der Waals surface area contributed by atoms with Gasteiger partial charge in [0.2, 0.25) is 0 Å². The molecule has 0 unspecified atom stereocenters. The summed E-state index contributed by atoms with van der Waals surface area (Å²) in [6.07, 6.45) is 4.67. The lowest BCUT2D eigenvalue weighted by molar-refractivity contribution is 0.00200. The van der Waals surface area contributed by atoms with Crippen molar-refractivity contribution in [3.05, 3.63) is 33.4 Å². The molecule has 3 heterocycles. The van der Waals surface area contributed by atoms with Crippen LogP contribution in [-0.4, -0.2) is 21.9 Å². The first-order valence-electron chi connectivity index (χ1n) is 7.38. The van der Waals surface area contributed by atoms with Crippen LogP contribution in [-0.2, 0) is 24.3 Å². The Morgan fingerprint density at radius 2 is 2.36 bits per heavy atom. The van der Waals surface area contributed by atoms with E-state index in [1.54, 1.807) is 22.0 Å².